The molecular formula is C15H31N7O4. The van der Waals surface area contributed by atoms with Crippen LogP contribution in [0.3, 0.4) is 0 Å². The fourth-order valence-corrected chi connectivity index (χ4v) is 2.10. The van der Waals surface area contributed by atoms with Crippen molar-refractivity contribution in [1.82, 2.24) is 10.6 Å². The topological polar surface area (TPSA) is 212 Å². The summed E-state index contributed by atoms with van der Waals surface area (Å²) in [6.45, 7) is 2.20. The van der Waals surface area contributed by atoms with Crippen LogP contribution in [0.2, 0.25) is 0 Å². The molecule has 0 radical (unpaired) electrons. The van der Waals surface area contributed by atoms with Gasteiger partial charge in [0.25, 0.3) is 0 Å². The third-order valence-corrected chi connectivity index (χ3v) is 3.55. The number of hydrogen-bond acceptors (Lipinski definition) is 6. The molecule has 0 fully saturated rings. The predicted molar refractivity (Wildman–Crippen MR) is 98.0 cm³/mol. The number of guanidine groups is 1. The van der Waals surface area contributed by atoms with Gasteiger partial charge in [0.1, 0.15) is 12.1 Å². The zero-order valence-corrected chi connectivity index (χ0v) is 15.1. The molecule has 0 aliphatic rings. The first kappa shape index (κ1) is 23.6. The summed E-state index contributed by atoms with van der Waals surface area (Å²) in [7, 11) is 0. The normalized spacial score (nSPS) is 14.0. The number of carboxylic acids is 1. The van der Waals surface area contributed by atoms with Gasteiger partial charge in [-0.3, -0.25) is 14.6 Å². The molecule has 0 aromatic heterocycles. The monoisotopic (exact) mass is 373 g/mol. The van der Waals surface area contributed by atoms with Crippen LogP contribution < -0.4 is 33.6 Å². The summed E-state index contributed by atoms with van der Waals surface area (Å²) in [5, 5.41) is 14.2. The summed E-state index contributed by atoms with van der Waals surface area (Å²) in [5.41, 5.74) is 21.4. The van der Waals surface area contributed by atoms with Gasteiger partial charge in [-0.2, -0.15) is 0 Å². The molecule has 0 rings (SSSR count). The highest BCUT2D eigenvalue weighted by Crippen LogP contribution is 2.04. The average molecular weight is 373 g/mol. The van der Waals surface area contributed by atoms with Crippen LogP contribution in [0.1, 0.15) is 39.0 Å². The van der Waals surface area contributed by atoms with E-state index in [2.05, 4.69) is 15.6 Å². The van der Waals surface area contributed by atoms with Gasteiger partial charge >= 0.3 is 5.97 Å². The van der Waals surface area contributed by atoms with Gasteiger partial charge in [-0.1, -0.05) is 0 Å². The van der Waals surface area contributed by atoms with Crippen molar-refractivity contribution in [2.24, 2.45) is 27.9 Å². The van der Waals surface area contributed by atoms with Crippen molar-refractivity contribution >= 4 is 23.7 Å². The van der Waals surface area contributed by atoms with Crippen LogP contribution in [0.25, 0.3) is 0 Å². The standard InChI is InChI=1S/C15H31N7O4/c1-9(17)12(23)21-10(6-4-8-20-15(18)19)13(24)22-11(14(25)26)5-2-3-7-16/h9-11H,2-8,16-17H2,1H3,(H,21,23)(H,22,24)(H,25,26)(H4,18,19,20)/t9-,10-,11-/m0/s1. The Kier molecular flexibility index (Phi) is 11.7. The molecule has 0 bridgehead atoms. The molecule has 26 heavy (non-hydrogen) atoms. The first-order valence-electron chi connectivity index (χ1n) is 8.53. The largest absolute Gasteiger partial charge is 0.480 e. The Labute approximate surface area is 152 Å². The molecule has 0 saturated heterocycles. The van der Waals surface area contributed by atoms with E-state index in [1.54, 1.807) is 0 Å². The number of aliphatic imine (C=N–C) groups is 1. The molecule has 0 heterocycles. The summed E-state index contributed by atoms with van der Waals surface area (Å²) >= 11 is 0. The van der Waals surface area contributed by atoms with Crippen molar-refractivity contribution in [2.75, 3.05) is 13.1 Å². The Hall–Kier alpha value is -2.40. The highest BCUT2D eigenvalue weighted by molar-refractivity contribution is 5.91. The number of carbonyl (C=O) groups excluding carboxylic acids is 2. The van der Waals surface area contributed by atoms with Gasteiger partial charge in [0.15, 0.2) is 5.96 Å². The first-order chi connectivity index (χ1) is 12.2. The second-order valence-corrected chi connectivity index (χ2v) is 5.98. The number of amides is 2. The van der Waals surface area contributed by atoms with Crippen molar-refractivity contribution in [1.29, 1.82) is 0 Å². The second-order valence-electron chi connectivity index (χ2n) is 5.98. The fraction of sp³-hybridized carbons (Fsp3) is 0.733. The van der Waals surface area contributed by atoms with Crippen LogP contribution in [0, 0.1) is 0 Å². The van der Waals surface area contributed by atoms with Crippen LogP contribution >= 0.6 is 0 Å². The molecule has 0 aliphatic carbocycles. The van der Waals surface area contributed by atoms with E-state index < -0.39 is 35.9 Å². The quantitative estimate of drug-likeness (QED) is 0.104. The smallest absolute Gasteiger partial charge is 0.326 e. The second kappa shape index (κ2) is 12.9. The van der Waals surface area contributed by atoms with Crippen molar-refractivity contribution in [3.63, 3.8) is 0 Å². The van der Waals surface area contributed by atoms with Crippen molar-refractivity contribution in [3.8, 4) is 0 Å². The maximum absolute atomic E-state index is 12.4. The van der Waals surface area contributed by atoms with E-state index in [4.69, 9.17) is 22.9 Å². The number of aliphatic carboxylic acids is 1. The number of nitrogens with two attached hydrogens (primary N) is 4. The molecule has 0 aromatic rings. The minimum Gasteiger partial charge on any atom is -0.480 e. The maximum Gasteiger partial charge on any atom is 0.326 e. The molecule has 2 amide bonds. The highest BCUT2D eigenvalue weighted by Gasteiger charge is 2.26. The molecule has 0 aliphatic heterocycles. The molecule has 0 spiro atoms. The lowest BCUT2D eigenvalue weighted by molar-refractivity contribution is -0.142. The van der Waals surface area contributed by atoms with Crippen LogP contribution in [-0.4, -0.2) is 60.1 Å². The molecule has 11 nitrogen and oxygen atoms in total. The number of hydrogen-bond donors (Lipinski definition) is 7. The van der Waals surface area contributed by atoms with Crippen LogP contribution in [0.15, 0.2) is 4.99 Å². The Bertz CT molecular complexity index is 492. The lowest BCUT2D eigenvalue weighted by Gasteiger charge is -2.22. The van der Waals surface area contributed by atoms with Gasteiger partial charge in [0.2, 0.25) is 11.8 Å². The average Bonchev–Trinajstić information content (AvgIpc) is 2.55. The van der Waals surface area contributed by atoms with E-state index in [0.29, 0.717) is 25.8 Å². The summed E-state index contributed by atoms with van der Waals surface area (Å²) in [6.07, 6.45) is 2.12. The van der Waals surface area contributed by atoms with Crippen molar-refractivity contribution in [3.05, 3.63) is 0 Å². The molecule has 0 unspecified atom stereocenters. The maximum atomic E-state index is 12.4. The van der Waals surface area contributed by atoms with Crippen molar-refractivity contribution < 1.29 is 19.5 Å². The van der Waals surface area contributed by atoms with E-state index in [9.17, 15) is 19.5 Å². The van der Waals surface area contributed by atoms with Gasteiger partial charge in [-0.05, 0) is 45.6 Å². The summed E-state index contributed by atoms with van der Waals surface area (Å²) in [5.74, 6) is -2.32. The third kappa shape index (κ3) is 10.5. The lowest BCUT2D eigenvalue weighted by Crippen LogP contribution is -2.54. The lowest BCUT2D eigenvalue weighted by atomic mass is 10.1. The van der Waals surface area contributed by atoms with Gasteiger partial charge in [-0.15, -0.1) is 0 Å². The zero-order valence-electron chi connectivity index (χ0n) is 15.1. The van der Waals surface area contributed by atoms with E-state index in [-0.39, 0.29) is 25.3 Å². The molecule has 3 atom stereocenters. The minimum absolute atomic E-state index is 0.0727. The number of carboxylic acid groups (broad SMARTS) is 1. The highest BCUT2D eigenvalue weighted by atomic mass is 16.4. The summed E-state index contributed by atoms with van der Waals surface area (Å²) < 4.78 is 0. The molecule has 150 valence electrons. The Morgan fingerprint density at radius 3 is 2.08 bits per heavy atom. The number of nitrogens with one attached hydrogen (secondary N) is 2. The Balaban J connectivity index is 4.88. The van der Waals surface area contributed by atoms with Crippen LogP contribution in [0.4, 0.5) is 0 Å². The van der Waals surface area contributed by atoms with E-state index in [0.717, 1.165) is 0 Å². The zero-order chi connectivity index (χ0) is 20.1. The van der Waals surface area contributed by atoms with Gasteiger partial charge in [0, 0.05) is 6.54 Å². The number of carbonyl (C=O) groups is 3. The molecule has 11 heteroatoms. The predicted octanol–water partition coefficient (Wildman–Crippen LogP) is -2.43. The van der Waals surface area contributed by atoms with Gasteiger partial charge in [0.05, 0.1) is 6.04 Å². The number of nitrogens with zero attached hydrogens (tertiary/aromatic N) is 1. The molecular weight excluding hydrogens is 342 g/mol. The first-order valence-corrected chi connectivity index (χ1v) is 8.53. The van der Waals surface area contributed by atoms with E-state index >= 15 is 0 Å². The number of unbranched alkanes of at least 4 members (excludes halogenated alkanes) is 1. The molecule has 11 N–H and O–H groups in total. The van der Waals surface area contributed by atoms with E-state index in [1.807, 2.05) is 0 Å². The molecule has 0 aromatic carbocycles. The van der Waals surface area contributed by atoms with Gasteiger partial charge < -0.3 is 38.7 Å². The fourth-order valence-electron chi connectivity index (χ4n) is 2.10. The molecule has 0 saturated carbocycles. The van der Waals surface area contributed by atoms with Crippen LogP contribution in [-0.2, 0) is 14.4 Å². The van der Waals surface area contributed by atoms with E-state index in [1.165, 1.54) is 6.92 Å². The van der Waals surface area contributed by atoms with Crippen LogP contribution in [0.5, 0.6) is 0 Å². The van der Waals surface area contributed by atoms with Gasteiger partial charge in [-0.25, -0.2) is 4.79 Å². The summed E-state index contributed by atoms with van der Waals surface area (Å²) in [6, 6.07) is -2.79. The Morgan fingerprint density at radius 1 is 1.00 bits per heavy atom. The minimum atomic E-state index is -1.15. The van der Waals surface area contributed by atoms with Crippen molar-refractivity contribution in [2.45, 2.75) is 57.2 Å². The third-order valence-electron chi connectivity index (χ3n) is 3.55. The Morgan fingerprint density at radius 2 is 1.58 bits per heavy atom. The SMILES string of the molecule is C[C@H](N)C(=O)N[C@@H](CCCN=C(N)N)C(=O)N[C@@H](CCCCN)C(=O)O. The summed E-state index contributed by atoms with van der Waals surface area (Å²) in [4.78, 5) is 39.4. The number of rotatable bonds is 13.